The molecule has 0 N–H and O–H groups in total. The second-order valence-corrected chi connectivity index (χ2v) is 7.46. The summed E-state index contributed by atoms with van der Waals surface area (Å²) in [5.74, 6) is -0.273. The molecule has 0 aliphatic carbocycles. The number of hydrogen-bond acceptors (Lipinski definition) is 6. The van der Waals surface area contributed by atoms with Crippen molar-refractivity contribution in [3.63, 3.8) is 0 Å². The Kier molecular flexibility index (Phi) is 4.86. The molecule has 2 amide bonds. The van der Waals surface area contributed by atoms with Gasteiger partial charge in [0.2, 0.25) is 0 Å². The molecular formula is C18H23N5O4. The third-order valence-corrected chi connectivity index (χ3v) is 4.27. The number of nitrogens with zero attached hydrogens (tertiary/aromatic N) is 5. The predicted molar refractivity (Wildman–Crippen MR) is 98.5 cm³/mol. The Morgan fingerprint density at radius 1 is 1.07 bits per heavy atom. The van der Waals surface area contributed by atoms with Gasteiger partial charge in [0.25, 0.3) is 11.5 Å². The molecule has 3 rings (SSSR count). The second kappa shape index (κ2) is 6.98. The number of hydrogen-bond donors (Lipinski definition) is 0. The molecule has 144 valence electrons. The molecule has 0 saturated carbocycles. The smallest absolute Gasteiger partial charge is 0.410 e. The summed E-state index contributed by atoms with van der Waals surface area (Å²) in [5.41, 5.74) is -0.653. The van der Waals surface area contributed by atoms with Crippen LogP contribution in [0.3, 0.4) is 0 Å². The van der Waals surface area contributed by atoms with Crippen LogP contribution in [0, 0.1) is 0 Å². The molecule has 0 unspecified atom stereocenters. The first-order valence-corrected chi connectivity index (χ1v) is 8.75. The average molecular weight is 373 g/mol. The summed E-state index contributed by atoms with van der Waals surface area (Å²) in [6.07, 6.45) is 2.59. The van der Waals surface area contributed by atoms with Gasteiger partial charge in [-0.1, -0.05) is 0 Å². The molecule has 1 fully saturated rings. The van der Waals surface area contributed by atoms with E-state index in [1.807, 2.05) is 20.8 Å². The number of amides is 2. The van der Waals surface area contributed by atoms with Gasteiger partial charge in [-0.25, -0.2) is 9.48 Å². The van der Waals surface area contributed by atoms with Crippen molar-refractivity contribution in [3.8, 4) is 0 Å². The van der Waals surface area contributed by atoms with E-state index in [0.29, 0.717) is 37.0 Å². The van der Waals surface area contributed by atoms with Gasteiger partial charge in [-0.05, 0) is 26.8 Å². The number of aryl methyl sites for hydroxylation is 1. The third kappa shape index (κ3) is 3.91. The van der Waals surface area contributed by atoms with E-state index in [1.54, 1.807) is 15.9 Å². The highest BCUT2D eigenvalue weighted by Crippen LogP contribution is 2.16. The lowest BCUT2D eigenvalue weighted by Gasteiger charge is -2.35. The van der Waals surface area contributed by atoms with Crippen LogP contribution in [-0.2, 0) is 11.8 Å². The fraction of sp³-hybridized carbons (Fsp3) is 0.500. The summed E-state index contributed by atoms with van der Waals surface area (Å²) >= 11 is 0. The Balaban J connectivity index is 1.77. The fourth-order valence-corrected chi connectivity index (χ4v) is 2.92. The van der Waals surface area contributed by atoms with E-state index < -0.39 is 5.60 Å². The molecule has 1 saturated heterocycles. The monoisotopic (exact) mass is 373 g/mol. The summed E-state index contributed by atoms with van der Waals surface area (Å²) in [5, 5.41) is 4.99. The van der Waals surface area contributed by atoms with Crippen LogP contribution >= 0.6 is 0 Å². The Morgan fingerprint density at radius 3 is 2.33 bits per heavy atom. The molecule has 0 atom stereocenters. The normalized spacial score (nSPS) is 15.1. The molecule has 3 heterocycles. The lowest BCUT2D eigenvalue weighted by Crippen LogP contribution is -2.52. The van der Waals surface area contributed by atoms with Gasteiger partial charge in [-0.2, -0.15) is 5.10 Å². The maximum absolute atomic E-state index is 13.0. The molecule has 2 aromatic heterocycles. The van der Waals surface area contributed by atoms with E-state index in [0.717, 1.165) is 4.68 Å². The zero-order valence-corrected chi connectivity index (χ0v) is 15.9. The van der Waals surface area contributed by atoms with Crippen molar-refractivity contribution in [2.75, 3.05) is 26.2 Å². The van der Waals surface area contributed by atoms with Gasteiger partial charge in [0.05, 0.1) is 5.39 Å². The Bertz CT molecular complexity index is 939. The van der Waals surface area contributed by atoms with Gasteiger partial charge in [0, 0.05) is 51.0 Å². The van der Waals surface area contributed by atoms with E-state index in [-0.39, 0.29) is 23.3 Å². The number of carbonyl (C=O) groups is 2. The molecule has 0 radical (unpaired) electrons. The largest absolute Gasteiger partial charge is 0.444 e. The average Bonchev–Trinajstić information content (AvgIpc) is 2.63. The minimum Gasteiger partial charge on any atom is -0.444 e. The van der Waals surface area contributed by atoms with Crippen molar-refractivity contribution < 1.29 is 14.3 Å². The van der Waals surface area contributed by atoms with Crippen molar-refractivity contribution in [2.24, 2.45) is 7.05 Å². The first-order valence-electron chi connectivity index (χ1n) is 8.75. The molecule has 1 aliphatic rings. The molecule has 27 heavy (non-hydrogen) atoms. The molecule has 9 heteroatoms. The number of ether oxygens (including phenoxy) is 1. The van der Waals surface area contributed by atoms with E-state index in [2.05, 4.69) is 10.1 Å². The number of rotatable bonds is 1. The summed E-state index contributed by atoms with van der Waals surface area (Å²) < 4.78 is 6.52. The van der Waals surface area contributed by atoms with E-state index >= 15 is 0 Å². The van der Waals surface area contributed by atoms with Crippen LogP contribution in [0.2, 0.25) is 0 Å². The highest BCUT2D eigenvalue weighted by Gasteiger charge is 2.29. The third-order valence-electron chi connectivity index (χ3n) is 4.27. The van der Waals surface area contributed by atoms with Gasteiger partial charge >= 0.3 is 6.09 Å². The number of fused-ring (bicyclic) bond motifs is 1. The number of piperazine rings is 1. The van der Waals surface area contributed by atoms with Gasteiger partial charge < -0.3 is 14.5 Å². The molecule has 9 nitrogen and oxygen atoms in total. The van der Waals surface area contributed by atoms with Gasteiger partial charge in [-0.3, -0.25) is 14.6 Å². The SMILES string of the molecule is Cn1nc(C(=O)N2CCN(C(=O)OC(C)(C)C)CC2)c2ccncc2c1=O. The number of aromatic nitrogens is 3. The summed E-state index contributed by atoms with van der Waals surface area (Å²) in [7, 11) is 1.51. The lowest BCUT2D eigenvalue weighted by molar-refractivity contribution is 0.0140. The standard InChI is InChI=1S/C18H23N5O4/c1-18(2,3)27-17(26)23-9-7-22(8-10-23)16(25)14-12-5-6-19-11-13(12)15(24)21(4)20-14/h5-6,11H,7-10H2,1-4H3. The number of pyridine rings is 1. The zero-order valence-electron chi connectivity index (χ0n) is 15.9. The van der Waals surface area contributed by atoms with Crippen LogP contribution < -0.4 is 5.56 Å². The van der Waals surface area contributed by atoms with E-state index in [9.17, 15) is 14.4 Å². The zero-order chi connectivity index (χ0) is 19.8. The van der Waals surface area contributed by atoms with Crippen molar-refractivity contribution in [1.29, 1.82) is 0 Å². The topological polar surface area (TPSA) is 97.6 Å². The highest BCUT2D eigenvalue weighted by atomic mass is 16.6. The Hall–Kier alpha value is -2.97. The van der Waals surface area contributed by atoms with Crippen LogP contribution in [0.15, 0.2) is 23.3 Å². The summed E-state index contributed by atoms with van der Waals surface area (Å²) in [6, 6.07) is 1.62. The van der Waals surface area contributed by atoms with Gasteiger partial charge in [0.15, 0.2) is 5.69 Å². The first-order chi connectivity index (χ1) is 12.7. The maximum atomic E-state index is 13.0. The van der Waals surface area contributed by atoms with Gasteiger partial charge in [0.1, 0.15) is 5.60 Å². The first kappa shape index (κ1) is 18.8. The second-order valence-electron chi connectivity index (χ2n) is 7.46. The van der Waals surface area contributed by atoms with E-state index in [4.69, 9.17) is 4.74 Å². The Morgan fingerprint density at radius 2 is 1.70 bits per heavy atom. The minimum atomic E-state index is -0.560. The predicted octanol–water partition coefficient (Wildman–Crippen LogP) is 1.02. The molecule has 0 aromatic carbocycles. The molecule has 2 aromatic rings. The van der Waals surface area contributed by atoms with Crippen molar-refractivity contribution in [3.05, 3.63) is 34.5 Å². The van der Waals surface area contributed by atoms with Crippen LogP contribution in [0.1, 0.15) is 31.3 Å². The summed E-state index contributed by atoms with van der Waals surface area (Å²) in [6.45, 7) is 6.95. The van der Waals surface area contributed by atoms with Crippen molar-refractivity contribution >= 4 is 22.8 Å². The van der Waals surface area contributed by atoms with E-state index in [1.165, 1.54) is 19.4 Å². The lowest BCUT2D eigenvalue weighted by atomic mass is 10.1. The summed E-state index contributed by atoms with van der Waals surface area (Å²) in [4.78, 5) is 44.5. The van der Waals surface area contributed by atoms with Crippen molar-refractivity contribution in [1.82, 2.24) is 24.6 Å². The van der Waals surface area contributed by atoms with Crippen molar-refractivity contribution in [2.45, 2.75) is 26.4 Å². The van der Waals surface area contributed by atoms with Crippen LogP contribution in [0.4, 0.5) is 4.79 Å². The van der Waals surface area contributed by atoms with Crippen LogP contribution in [0.5, 0.6) is 0 Å². The molecular weight excluding hydrogens is 350 g/mol. The van der Waals surface area contributed by atoms with Gasteiger partial charge in [-0.15, -0.1) is 0 Å². The van der Waals surface area contributed by atoms with Crippen LogP contribution in [0.25, 0.3) is 10.8 Å². The van der Waals surface area contributed by atoms with Crippen LogP contribution in [-0.4, -0.2) is 68.3 Å². The molecule has 0 spiro atoms. The molecule has 0 bridgehead atoms. The fourth-order valence-electron chi connectivity index (χ4n) is 2.92. The quantitative estimate of drug-likeness (QED) is 0.740. The number of carbonyl (C=O) groups excluding carboxylic acids is 2. The highest BCUT2D eigenvalue weighted by molar-refractivity contribution is 6.04. The minimum absolute atomic E-state index is 0.209. The molecule has 1 aliphatic heterocycles. The maximum Gasteiger partial charge on any atom is 0.410 e. The Labute approximate surface area is 156 Å².